The van der Waals surface area contributed by atoms with Crippen LogP contribution in [0, 0.1) is 0 Å². The Hall–Kier alpha value is -2.04. The lowest BCUT2D eigenvalue weighted by Crippen LogP contribution is -2.46. The summed E-state index contributed by atoms with van der Waals surface area (Å²) >= 11 is 0. The minimum atomic E-state index is -1.08. The van der Waals surface area contributed by atoms with Crippen molar-refractivity contribution >= 4 is 0 Å². The molecule has 1 aliphatic rings. The van der Waals surface area contributed by atoms with Crippen LogP contribution in [-0.2, 0) is 10.3 Å². The zero-order valence-electron chi connectivity index (χ0n) is 14.7. The molecule has 1 heterocycles. The highest BCUT2D eigenvalue weighted by molar-refractivity contribution is 5.40. The number of aliphatic hydroxyl groups is 1. The Balaban J connectivity index is 2.44. The fourth-order valence-electron chi connectivity index (χ4n) is 3.14. The van der Waals surface area contributed by atoms with Crippen LogP contribution >= 0.6 is 0 Å². The van der Waals surface area contributed by atoms with Crippen molar-refractivity contribution in [3.05, 3.63) is 66.0 Å². The maximum absolute atomic E-state index is 11.6. The van der Waals surface area contributed by atoms with E-state index in [0.717, 1.165) is 36.3 Å². The molecule has 1 saturated heterocycles. The number of hydrogen-bond donors (Lipinski definition) is 2. The molecule has 1 aliphatic heterocycles. The first-order chi connectivity index (χ1) is 11.6. The van der Waals surface area contributed by atoms with Gasteiger partial charge < -0.3 is 19.9 Å². The number of ether oxygens (including phenoxy) is 2. The van der Waals surface area contributed by atoms with E-state index in [0.29, 0.717) is 5.76 Å². The summed E-state index contributed by atoms with van der Waals surface area (Å²) < 4.78 is 10.4. The fraction of sp³-hybridized carbons (Fsp3) is 0.400. The van der Waals surface area contributed by atoms with Crippen molar-refractivity contribution in [2.45, 2.75) is 31.4 Å². The zero-order chi connectivity index (χ0) is 17.6. The number of rotatable bonds is 7. The highest BCUT2D eigenvalue weighted by Crippen LogP contribution is 2.37. The molecular formula is C20H27NO3. The molecule has 2 rings (SSSR count). The van der Waals surface area contributed by atoms with Gasteiger partial charge in [0.1, 0.15) is 17.1 Å². The third kappa shape index (κ3) is 3.71. The Bertz CT molecular complexity index is 612. The molecule has 2 atom stereocenters. The summed E-state index contributed by atoms with van der Waals surface area (Å²) in [5.74, 6) is 1.43. The maximum Gasteiger partial charge on any atom is 0.126 e. The normalized spacial score (nSPS) is 21.2. The van der Waals surface area contributed by atoms with Gasteiger partial charge in [0, 0.05) is 6.04 Å². The van der Waals surface area contributed by atoms with Crippen LogP contribution in [0.3, 0.4) is 0 Å². The van der Waals surface area contributed by atoms with E-state index < -0.39 is 5.60 Å². The van der Waals surface area contributed by atoms with E-state index in [2.05, 4.69) is 11.9 Å². The van der Waals surface area contributed by atoms with Crippen molar-refractivity contribution in [2.24, 2.45) is 0 Å². The summed E-state index contributed by atoms with van der Waals surface area (Å²) in [6.45, 7) is 6.58. The Kier molecular flexibility index (Phi) is 6.23. The molecule has 24 heavy (non-hydrogen) atoms. The van der Waals surface area contributed by atoms with E-state index in [-0.39, 0.29) is 6.04 Å². The Morgan fingerprint density at radius 1 is 1.29 bits per heavy atom. The van der Waals surface area contributed by atoms with Crippen molar-refractivity contribution in [3.63, 3.8) is 0 Å². The van der Waals surface area contributed by atoms with Crippen molar-refractivity contribution < 1.29 is 14.6 Å². The molecule has 0 amide bonds. The van der Waals surface area contributed by atoms with Crippen LogP contribution in [0.2, 0.25) is 0 Å². The third-order valence-corrected chi connectivity index (χ3v) is 4.63. The van der Waals surface area contributed by atoms with E-state index in [4.69, 9.17) is 9.47 Å². The maximum atomic E-state index is 11.6. The number of benzene rings is 1. The summed E-state index contributed by atoms with van der Waals surface area (Å²) in [5.41, 5.74) is 0.616. The third-order valence-electron chi connectivity index (χ3n) is 4.63. The molecule has 1 unspecified atom stereocenters. The van der Waals surface area contributed by atoms with Crippen LogP contribution in [0.5, 0.6) is 5.75 Å². The van der Waals surface area contributed by atoms with Crippen molar-refractivity contribution in [1.29, 1.82) is 0 Å². The first-order valence-electron chi connectivity index (χ1n) is 8.22. The van der Waals surface area contributed by atoms with E-state index in [1.54, 1.807) is 20.3 Å². The molecule has 0 bridgehead atoms. The summed E-state index contributed by atoms with van der Waals surface area (Å²) in [6.07, 6.45) is 7.35. The van der Waals surface area contributed by atoms with Gasteiger partial charge in [-0.25, -0.2) is 0 Å². The standard InChI is InChI=1S/C20H27NO3/c1-5-17(23-3)11-8-15(2)20(22,19-7-6-14-21-19)16-9-12-18(24-4)13-10-16/h5,8-13,19,21-22H,1,6-7,14H2,2-4H3/b15-8+,17-11+/t19-,20?/m1/s1. The first kappa shape index (κ1) is 18.3. The molecule has 1 aromatic carbocycles. The lowest BCUT2D eigenvalue weighted by atomic mass is 9.79. The van der Waals surface area contributed by atoms with Gasteiger partial charge in [-0.2, -0.15) is 0 Å². The van der Waals surface area contributed by atoms with E-state index in [1.165, 1.54) is 0 Å². The Morgan fingerprint density at radius 2 is 2.00 bits per heavy atom. The summed E-state index contributed by atoms with van der Waals surface area (Å²) in [5, 5.41) is 15.0. The second-order valence-electron chi connectivity index (χ2n) is 5.97. The molecule has 0 spiro atoms. The minimum Gasteiger partial charge on any atom is -0.497 e. The molecule has 1 fully saturated rings. The van der Waals surface area contributed by atoms with E-state index in [1.807, 2.05) is 43.3 Å². The summed E-state index contributed by atoms with van der Waals surface area (Å²) in [6, 6.07) is 7.57. The van der Waals surface area contributed by atoms with Gasteiger partial charge in [0.2, 0.25) is 0 Å². The number of nitrogens with one attached hydrogen (secondary N) is 1. The highest BCUT2D eigenvalue weighted by atomic mass is 16.5. The molecule has 4 heteroatoms. The van der Waals surface area contributed by atoms with Gasteiger partial charge in [-0.1, -0.05) is 24.8 Å². The lowest BCUT2D eigenvalue weighted by Gasteiger charge is -2.36. The molecule has 2 N–H and O–H groups in total. The quantitative estimate of drug-likeness (QED) is 0.595. The molecule has 1 aromatic rings. The molecular weight excluding hydrogens is 302 g/mol. The van der Waals surface area contributed by atoms with Crippen LogP contribution in [0.4, 0.5) is 0 Å². The van der Waals surface area contributed by atoms with Crippen molar-refractivity contribution in [3.8, 4) is 5.75 Å². The van der Waals surface area contributed by atoms with Crippen molar-refractivity contribution in [2.75, 3.05) is 20.8 Å². The fourth-order valence-corrected chi connectivity index (χ4v) is 3.14. The van der Waals surface area contributed by atoms with Gasteiger partial charge in [0.05, 0.1) is 14.2 Å². The molecule has 130 valence electrons. The SMILES string of the molecule is C=C/C(=C\C=C(/C)C(O)(c1ccc(OC)cc1)[C@H]1CCCN1)OC. The summed E-state index contributed by atoms with van der Waals surface area (Å²) in [4.78, 5) is 0. The molecule has 0 aromatic heterocycles. The number of allylic oxidation sites excluding steroid dienone is 3. The van der Waals surface area contributed by atoms with E-state index >= 15 is 0 Å². The van der Waals surface area contributed by atoms with Gasteiger partial charge in [0.15, 0.2) is 0 Å². The smallest absolute Gasteiger partial charge is 0.126 e. The van der Waals surface area contributed by atoms with Crippen molar-refractivity contribution in [1.82, 2.24) is 5.32 Å². The Labute approximate surface area is 144 Å². The van der Waals surface area contributed by atoms with E-state index in [9.17, 15) is 5.11 Å². The molecule has 0 aliphatic carbocycles. The average molecular weight is 329 g/mol. The Morgan fingerprint density at radius 3 is 2.50 bits per heavy atom. The van der Waals surface area contributed by atoms with Crippen LogP contribution in [0.25, 0.3) is 0 Å². The van der Waals surface area contributed by atoms with Gasteiger partial charge >= 0.3 is 0 Å². The molecule has 4 nitrogen and oxygen atoms in total. The lowest BCUT2D eigenvalue weighted by molar-refractivity contribution is 0.0400. The van der Waals surface area contributed by atoms with Gasteiger partial charge in [-0.05, 0) is 61.7 Å². The average Bonchev–Trinajstić information content (AvgIpc) is 3.17. The monoisotopic (exact) mass is 329 g/mol. The number of hydrogen-bond acceptors (Lipinski definition) is 4. The molecule has 0 radical (unpaired) electrons. The first-order valence-corrected chi connectivity index (χ1v) is 8.22. The molecule has 0 saturated carbocycles. The van der Waals surface area contributed by atoms with Gasteiger partial charge in [-0.3, -0.25) is 0 Å². The zero-order valence-corrected chi connectivity index (χ0v) is 14.7. The highest BCUT2D eigenvalue weighted by Gasteiger charge is 2.41. The largest absolute Gasteiger partial charge is 0.497 e. The predicted molar refractivity (Wildman–Crippen MR) is 97.0 cm³/mol. The predicted octanol–water partition coefficient (Wildman–Crippen LogP) is 3.30. The van der Waals surface area contributed by atoms with Gasteiger partial charge in [-0.15, -0.1) is 0 Å². The number of methoxy groups -OCH3 is 2. The van der Waals surface area contributed by atoms with Crippen LogP contribution in [0.15, 0.2) is 60.4 Å². The summed E-state index contributed by atoms with van der Waals surface area (Å²) in [7, 11) is 3.24. The second kappa shape index (κ2) is 8.18. The minimum absolute atomic E-state index is 0.0229. The topological polar surface area (TPSA) is 50.7 Å². The van der Waals surface area contributed by atoms with Gasteiger partial charge in [0.25, 0.3) is 0 Å². The second-order valence-corrected chi connectivity index (χ2v) is 5.97. The van der Waals surface area contributed by atoms with Crippen LogP contribution < -0.4 is 10.1 Å². The van der Waals surface area contributed by atoms with Crippen LogP contribution in [0.1, 0.15) is 25.3 Å². The van der Waals surface area contributed by atoms with Crippen LogP contribution in [-0.4, -0.2) is 31.9 Å².